The molecule has 3 heterocycles. The molecule has 1 unspecified atom stereocenters. The van der Waals surface area contributed by atoms with Crippen molar-refractivity contribution in [2.75, 3.05) is 11.1 Å². The second-order valence-electron chi connectivity index (χ2n) is 8.24. The van der Waals surface area contributed by atoms with Crippen molar-refractivity contribution in [3.05, 3.63) is 70.1 Å². The van der Waals surface area contributed by atoms with E-state index in [1.54, 1.807) is 28.9 Å². The highest BCUT2D eigenvalue weighted by molar-refractivity contribution is 7.99. The Kier molecular flexibility index (Phi) is 6.52. The first-order valence-corrected chi connectivity index (χ1v) is 13.8. The number of amides is 2. The van der Waals surface area contributed by atoms with Crippen LogP contribution in [-0.2, 0) is 19.6 Å². The summed E-state index contributed by atoms with van der Waals surface area (Å²) in [4.78, 5) is 41.7. The standard InChI is InChI=1S/C23H19ClN6O5S2/c1-13(31)28-37(34,35)18-8-4-15(5-9-18)26-20(32)10-17-12-36-23-27-21-19(22(33)29(17)23)11-25-30(21)16-6-2-14(24)3-7-16/h2-9,11,17H,10,12H2,1H3,(H,26,32)(H,28,31). The average Bonchev–Trinajstić information content (AvgIpc) is 3.44. The van der Waals surface area contributed by atoms with Crippen molar-refractivity contribution in [3.63, 3.8) is 0 Å². The van der Waals surface area contributed by atoms with E-state index in [0.717, 1.165) is 6.92 Å². The molecule has 11 nitrogen and oxygen atoms in total. The first-order chi connectivity index (χ1) is 17.6. The minimum absolute atomic E-state index is 0.0182. The van der Waals surface area contributed by atoms with Crippen molar-refractivity contribution < 1.29 is 18.0 Å². The Labute approximate surface area is 219 Å². The average molecular weight is 559 g/mol. The summed E-state index contributed by atoms with van der Waals surface area (Å²) in [6, 6.07) is 12.0. The quantitative estimate of drug-likeness (QED) is 0.344. The summed E-state index contributed by atoms with van der Waals surface area (Å²) in [6.45, 7) is 1.10. The maximum Gasteiger partial charge on any atom is 0.265 e. The molecule has 1 atom stereocenters. The molecule has 2 N–H and O–H groups in total. The summed E-state index contributed by atoms with van der Waals surface area (Å²) in [7, 11) is -3.97. The van der Waals surface area contributed by atoms with Crippen molar-refractivity contribution in [1.82, 2.24) is 24.1 Å². The van der Waals surface area contributed by atoms with E-state index in [-0.39, 0.29) is 22.8 Å². The number of carbonyl (C=O) groups excluding carboxylic acids is 2. The fraction of sp³-hybridized carbons (Fsp3) is 0.174. The Morgan fingerprint density at radius 1 is 1.14 bits per heavy atom. The second-order valence-corrected chi connectivity index (χ2v) is 11.3. The molecule has 0 spiro atoms. The lowest BCUT2D eigenvalue weighted by atomic mass is 10.2. The molecular formula is C23H19ClN6O5S2. The van der Waals surface area contributed by atoms with E-state index in [0.29, 0.717) is 38.3 Å². The van der Waals surface area contributed by atoms with Gasteiger partial charge in [0.1, 0.15) is 5.39 Å². The van der Waals surface area contributed by atoms with Gasteiger partial charge in [0.15, 0.2) is 10.8 Å². The minimum atomic E-state index is -3.97. The Morgan fingerprint density at radius 2 is 1.84 bits per heavy atom. The third-order valence-corrected chi connectivity index (χ3v) is 8.39. The van der Waals surface area contributed by atoms with Crippen molar-refractivity contribution in [1.29, 1.82) is 0 Å². The van der Waals surface area contributed by atoms with Gasteiger partial charge in [-0.15, -0.1) is 0 Å². The van der Waals surface area contributed by atoms with Crippen LogP contribution in [0.25, 0.3) is 16.7 Å². The second kappa shape index (κ2) is 9.65. The highest BCUT2D eigenvalue weighted by Gasteiger charge is 2.29. The number of aromatic nitrogens is 4. The van der Waals surface area contributed by atoms with Crippen LogP contribution in [0.5, 0.6) is 0 Å². The number of sulfonamides is 1. The summed E-state index contributed by atoms with van der Waals surface area (Å²) in [5, 5.41) is 8.45. The number of halogens is 1. The molecule has 5 rings (SSSR count). The predicted molar refractivity (Wildman–Crippen MR) is 139 cm³/mol. The summed E-state index contributed by atoms with van der Waals surface area (Å²) in [5.74, 6) is -0.559. The molecule has 1 aliphatic heterocycles. The number of carbonyl (C=O) groups is 2. The third kappa shape index (κ3) is 4.97. The molecule has 0 aliphatic carbocycles. The van der Waals surface area contributed by atoms with Gasteiger partial charge in [0, 0.05) is 29.8 Å². The lowest BCUT2D eigenvalue weighted by molar-refractivity contribution is -0.117. The Balaban J connectivity index is 1.34. The summed E-state index contributed by atoms with van der Waals surface area (Å²) < 4.78 is 29.1. The van der Waals surface area contributed by atoms with E-state index in [9.17, 15) is 22.8 Å². The first kappa shape index (κ1) is 25.0. The van der Waals surface area contributed by atoms with Gasteiger partial charge in [0.2, 0.25) is 11.8 Å². The molecule has 37 heavy (non-hydrogen) atoms. The number of hydrogen-bond donors (Lipinski definition) is 2. The zero-order valence-corrected chi connectivity index (χ0v) is 21.6. The highest BCUT2D eigenvalue weighted by atomic mass is 35.5. The number of benzene rings is 2. The minimum Gasteiger partial charge on any atom is -0.326 e. The molecule has 0 bridgehead atoms. The molecule has 0 saturated heterocycles. The van der Waals surface area contributed by atoms with Crippen LogP contribution < -0.4 is 15.6 Å². The predicted octanol–water partition coefficient (Wildman–Crippen LogP) is 2.74. The molecular weight excluding hydrogens is 540 g/mol. The van der Waals surface area contributed by atoms with Crippen LogP contribution in [0.2, 0.25) is 5.02 Å². The zero-order valence-electron chi connectivity index (χ0n) is 19.2. The Hall–Kier alpha value is -3.68. The van der Waals surface area contributed by atoms with Crippen molar-refractivity contribution >= 4 is 61.9 Å². The fourth-order valence-corrected chi connectivity index (χ4v) is 6.19. The molecule has 0 saturated carbocycles. The first-order valence-electron chi connectivity index (χ1n) is 10.9. The molecule has 4 aromatic rings. The molecule has 0 radical (unpaired) electrons. The van der Waals surface area contributed by atoms with Crippen LogP contribution in [-0.4, -0.2) is 45.3 Å². The number of hydrogen-bond acceptors (Lipinski definition) is 8. The Morgan fingerprint density at radius 3 is 2.51 bits per heavy atom. The van der Waals surface area contributed by atoms with Crippen molar-refractivity contribution in [3.8, 4) is 5.69 Å². The van der Waals surface area contributed by atoms with Crippen LogP contribution in [0.3, 0.4) is 0 Å². The van der Waals surface area contributed by atoms with Gasteiger partial charge in [-0.3, -0.25) is 19.0 Å². The van der Waals surface area contributed by atoms with E-state index >= 15 is 0 Å². The molecule has 2 amide bonds. The number of rotatable bonds is 6. The van der Waals surface area contributed by atoms with Crippen LogP contribution in [0.15, 0.2) is 69.6 Å². The van der Waals surface area contributed by atoms with Gasteiger partial charge in [0.25, 0.3) is 15.6 Å². The number of nitrogens with zero attached hydrogens (tertiary/aromatic N) is 4. The molecule has 1 aliphatic rings. The van der Waals surface area contributed by atoms with Crippen LogP contribution in [0.4, 0.5) is 5.69 Å². The number of thioether (sulfide) groups is 1. The number of anilines is 1. The lowest BCUT2D eigenvalue weighted by Gasteiger charge is -2.14. The third-order valence-electron chi connectivity index (χ3n) is 5.59. The maximum atomic E-state index is 13.3. The van der Waals surface area contributed by atoms with Gasteiger partial charge in [-0.05, 0) is 48.5 Å². The van der Waals surface area contributed by atoms with Gasteiger partial charge in [0.05, 0.1) is 22.8 Å². The Bertz CT molecular complexity index is 1700. The molecule has 2 aromatic heterocycles. The summed E-state index contributed by atoms with van der Waals surface area (Å²) in [5.41, 5.74) is 1.23. The molecule has 190 valence electrons. The summed E-state index contributed by atoms with van der Waals surface area (Å²) in [6.07, 6.45) is 1.48. The molecule has 14 heteroatoms. The van der Waals surface area contributed by atoms with Crippen LogP contribution in [0, 0.1) is 0 Å². The smallest absolute Gasteiger partial charge is 0.265 e. The van der Waals surface area contributed by atoms with E-state index in [4.69, 9.17) is 11.6 Å². The van der Waals surface area contributed by atoms with Gasteiger partial charge < -0.3 is 5.32 Å². The van der Waals surface area contributed by atoms with E-state index in [1.165, 1.54) is 46.8 Å². The fourth-order valence-electron chi connectivity index (χ4n) is 3.94. The van der Waals surface area contributed by atoms with Gasteiger partial charge in [-0.25, -0.2) is 22.8 Å². The van der Waals surface area contributed by atoms with Crippen LogP contribution >= 0.6 is 23.4 Å². The maximum absolute atomic E-state index is 13.3. The van der Waals surface area contributed by atoms with Gasteiger partial charge in [-0.2, -0.15) is 5.10 Å². The monoisotopic (exact) mass is 558 g/mol. The van der Waals surface area contributed by atoms with Crippen molar-refractivity contribution in [2.45, 2.75) is 29.4 Å². The largest absolute Gasteiger partial charge is 0.326 e. The van der Waals surface area contributed by atoms with Crippen molar-refractivity contribution in [2.24, 2.45) is 0 Å². The number of fused-ring (bicyclic) bond motifs is 2. The highest BCUT2D eigenvalue weighted by Crippen LogP contribution is 2.33. The van der Waals surface area contributed by atoms with Gasteiger partial charge in [-0.1, -0.05) is 23.4 Å². The lowest BCUT2D eigenvalue weighted by Crippen LogP contribution is -2.28. The summed E-state index contributed by atoms with van der Waals surface area (Å²) >= 11 is 7.35. The molecule has 2 aromatic carbocycles. The van der Waals surface area contributed by atoms with Gasteiger partial charge >= 0.3 is 0 Å². The van der Waals surface area contributed by atoms with E-state index in [2.05, 4.69) is 15.4 Å². The van der Waals surface area contributed by atoms with E-state index < -0.39 is 22.0 Å². The molecule has 0 fully saturated rings. The SMILES string of the molecule is CC(=O)NS(=O)(=O)c1ccc(NC(=O)CC2CSc3nc4c(cnn4-c4ccc(Cl)cc4)c(=O)n32)cc1. The number of nitrogens with one attached hydrogen (secondary N) is 2. The van der Waals surface area contributed by atoms with Crippen LogP contribution in [0.1, 0.15) is 19.4 Å². The normalized spacial score (nSPS) is 14.9. The topological polar surface area (TPSA) is 145 Å². The van der Waals surface area contributed by atoms with E-state index in [1.807, 2.05) is 4.72 Å². The zero-order chi connectivity index (χ0) is 26.3.